The van der Waals surface area contributed by atoms with E-state index in [-0.39, 0.29) is 10.8 Å². The molecule has 2 rings (SSSR count). The third-order valence-electron chi connectivity index (χ3n) is 4.47. The first-order valence-corrected chi connectivity index (χ1v) is 8.65. The minimum atomic E-state index is -0.427. The topological polar surface area (TPSA) is 52.1 Å². The number of aromatic nitrogens is 2. The Morgan fingerprint density at radius 1 is 1.32 bits per heavy atom. The Morgan fingerprint density at radius 2 is 2.08 bits per heavy atom. The minimum Gasteiger partial charge on any atom is -0.462 e. The van der Waals surface area contributed by atoms with Crippen molar-refractivity contribution in [2.45, 2.75) is 47.5 Å². The lowest BCUT2D eigenvalue weighted by molar-refractivity contribution is 0.0525. The van der Waals surface area contributed by atoms with Gasteiger partial charge >= 0.3 is 5.97 Å². The third kappa shape index (κ3) is 5.03. The molecule has 0 aliphatic heterocycles. The molecule has 1 aliphatic rings. The van der Waals surface area contributed by atoms with Gasteiger partial charge in [-0.25, -0.2) is 4.79 Å². The number of hydrogen-bond donors (Lipinski definition) is 0. The molecule has 0 saturated carbocycles. The normalized spacial score (nSPS) is 18.2. The molecule has 0 bridgehead atoms. The maximum atomic E-state index is 11.9. The molecule has 0 radical (unpaired) electrons. The number of rotatable bonds is 3. The Kier molecular flexibility index (Phi) is 5.79. The first kappa shape index (κ1) is 18.9. The molecule has 0 spiro atoms. The molecular weight excluding hydrogens is 312 g/mol. The Hall–Kier alpha value is -2.41. The molecule has 0 saturated heterocycles. The van der Waals surface area contributed by atoms with Crippen molar-refractivity contribution in [2.75, 3.05) is 6.61 Å². The zero-order valence-electron chi connectivity index (χ0n) is 15.7. The van der Waals surface area contributed by atoms with Gasteiger partial charge in [-0.2, -0.15) is 5.10 Å². The SMILES string of the molecule is CCOC(=O)c1ccnnc1C#CC=CC1=CC(C)(C)CCC1(C)C. The molecule has 4 nitrogen and oxygen atoms in total. The van der Waals surface area contributed by atoms with Crippen LogP contribution in [0.5, 0.6) is 0 Å². The van der Waals surface area contributed by atoms with E-state index in [4.69, 9.17) is 4.74 Å². The summed E-state index contributed by atoms with van der Waals surface area (Å²) in [4.78, 5) is 11.9. The van der Waals surface area contributed by atoms with Crippen molar-refractivity contribution in [1.82, 2.24) is 10.2 Å². The van der Waals surface area contributed by atoms with Gasteiger partial charge in [-0.05, 0) is 54.2 Å². The van der Waals surface area contributed by atoms with Crippen LogP contribution < -0.4 is 0 Å². The second kappa shape index (κ2) is 7.65. The molecule has 0 N–H and O–H groups in total. The van der Waals surface area contributed by atoms with Crippen LogP contribution in [0.4, 0.5) is 0 Å². The Morgan fingerprint density at radius 3 is 2.80 bits per heavy atom. The summed E-state index contributed by atoms with van der Waals surface area (Å²) in [6, 6.07) is 1.58. The quantitative estimate of drug-likeness (QED) is 0.608. The molecular formula is C21H26N2O2. The summed E-state index contributed by atoms with van der Waals surface area (Å²) >= 11 is 0. The zero-order valence-corrected chi connectivity index (χ0v) is 15.7. The van der Waals surface area contributed by atoms with Crippen molar-refractivity contribution in [3.8, 4) is 11.8 Å². The number of hydrogen-bond acceptors (Lipinski definition) is 4. The Bertz CT molecular complexity index is 762. The fraction of sp³-hybridized carbons (Fsp3) is 0.476. The van der Waals surface area contributed by atoms with Crippen LogP contribution in [0.25, 0.3) is 0 Å². The van der Waals surface area contributed by atoms with Crippen LogP contribution in [0.1, 0.15) is 63.5 Å². The highest BCUT2D eigenvalue weighted by Crippen LogP contribution is 2.44. The van der Waals surface area contributed by atoms with Crippen LogP contribution in [0.3, 0.4) is 0 Å². The van der Waals surface area contributed by atoms with E-state index < -0.39 is 5.97 Å². The highest BCUT2D eigenvalue weighted by molar-refractivity contribution is 5.91. The molecule has 1 aliphatic carbocycles. The van der Waals surface area contributed by atoms with Crippen LogP contribution >= 0.6 is 0 Å². The van der Waals surface area contributed by atoms with Crippen molar-refractivity contribution < 1.29 is 9.53 Å². The van der Waals surface area contributed by atoms with Gasteiger partial charge in [0.1, 0.15) is 0 Å². The molecule has 0 fully saturated rings. The summed E-state index contributed by atoms with van der Waals surface area (Å²) in [7, 11) is 0. The van der Waals surface area contributed by atoms with E-state index in [9.17, 15) is 4.79 Å². The molecule has 0 atom stereocenters. The Labute approximate surface area is 150 Å². The fourth-order valence-electron chi connectivity index (χ4n) is 2.78. The van der Waals surface area contributed by atoms with Crippen molar-refractivity contribution in [3.05, 3.63) is 47.3 Å². The van der Waals surface area contributed by atoms with E-state index in [1.165, 1.54) is 18.2 Å². The molecule has 0 amide bonds. The van der Waals surface area contributed by atoms with Gasteiger partial charge in [0.2, 0.25) is 0 Å². The zero-order chi connectivity index (χ0) is 18.5. The van der Waals surface area contributed by atoms with E-state index in [1.54, 1.807) is 13.0 Å². The summed E-state index contributed by atoms with van der Waals surface area (Å²) in [5, 5.41) is 7.75. The predicted octanol–water partition coefficient (Wildman–Crippen LogP) is 4.33. The average Bonchev–Trinajstić information content (AvgIpc) is 2.55. The van der Waals surface area contributed by atoms with Crippen LogP contribution in [0, 0.1) is 22.7 Å². The van der Waals surface area contributed by atoms with E-state index >= 15 is 0 Å². The number of ether oxygens (including phenoxy) is 1. The fourth-order valence-corrected chi connectivity index (χ4v) is 2.78. The monoisotopic (exact) mass is 338 g/mol. The first-order valence-electron chi connectivity index (χ1n) is 8.65. The summed E-state index contributed by atoms with van der Waals surface area (Å²) in [6.45, 7) is 11.1. The maximum absolute atomic E-state index is 11.9. The number of carbonyl (C=O) groups excluding carboxylic acids is 1. The van der Waals surface area contributed by atoms with Gasteiger partial charge < -0.3 is 4.74 Å². The van der Waals surface area contributed by atoms with Gasteiger partial charge in [0.05, 0.1) is 18.4 Å². The van der Waals surface area contributed by atoms with Crippen LogP contribution in [0.15, 0.2) is 36.1 Å². The molecule has 4 heteroatoms. The number of allylic oxidation sites excluding steroid dienone is 4. The van der Waals surface area contributed by atoms with Crippen molar-refractivity contribution >= 4 is 5.97 Å². The van der Waals surface area contributed by atoms with E-state index in [0.717, 1.165) is 6.42 Å². The van der Waals surface area contributed by atoms with Crippen molar-refractivity contribution in [3.63, 3.8) is 0 Å². The summed E-state index contributed by atoms with van der Waals surface area (Å²) in [5.74, 6) is 5.44. The van der Waals surface area contributed by atoms with Gasteiger partial charge in [0.15, 0.2) is 5.69 Å². The molecule has 132 valence electrons. The lowest BCUT2D eigenvalue weighted by atomic mass is 9.67. The van der Waals surface area contributed by atoms with Crippen LogP contribution in [-0.4, -0.2) is 22.8 Å². The number of carbonyl (C=O) groups is 1. The van der Waals surface area contributed by atoms with Crippen molar-refractivity contribution in [2.24, 2.45) is 10.8 Å². The molecule has 25 heavy (non-hydrogen) atoms. The van der Waals surface area contributed by atoms with Gasteiger partial charge in [0, 0.05) is 0 Å². The molecule has 1 aromatic rings. The van der Waals surface area contributed by atoms with Gasteiger partial charge in [-0.15, -0.1) is 5.10 Å². The van der Waals surface area contributed by atoms with E-state index in [0.29, 0.717) is 17.9 Å². The largest absolute Gasteiger partial charge is 0.462 e. The van der Waals surface area contributed by atoms with Crippen molar-refractivity contribution in [1.29, 1.82) is 0 Å². The second-order valence-electron chi connectivity index (χ2n) is 7.59. The molecule has 0 aromatic carbocycles. The van der Waals surface area contributed by atoms with E-state index in [2.05, 4.69) is 61.9 Å². The summed E-state index contributed by atoms with van der Waals surface area (Å²) in [6.07, 6.45) is 10.0. The lowest BCUT2D eigenvalue weighted by Gasteiger charge is -2.37. The summed E-state index contributed by atoms with van der Waals surface area (Å²) < 4.78 is 5.02. The predicted molar refractivity (Wildman–Crippen MR) is 98.9 cm³/mol. The van der Waals surface area contributed by atoms with Crippen LogP contribution in [-0.2, 0) is 4.74 Å². The third-order valence-corrected chi connectivity index (χ3v) is 4.47. The first-order chi connectivity index (χ1) is 11.7. The van der Waals surface area contributed by atoms with Crippen LogP contribution in [0.2, 0.25) is 0 Å². The highest BCUT2D eigenvalue weighted by Gasteiger charge is 2.31. The van der Waals surface area contributed by atoms with Gasteiger partial charge in [0.25, 0.3) is 0 Å². The number of esters is 1. The van der Waals surface area contributed by atoms with E-state index in [1.807, 2.05) is 6.08 Å². The highest BCUT2D eigenvalue weighted by atomic mass is 16.5. The molecule has 1 heterocycles. The summed E-state index contributed by atoms with van der Waals surface area (Å²) in [5.41, 5.74) is 2.34. The molecule has 1 aromatic heterocycles. The lowest BCUT2D eigenvalue weighted by Crippen LogP contribution is -2.25. The average molecular weight is 338 g/mol. The Balaban J connectivity index is 2.22. The van der Waals surface area contributed by atoms with Gasteiger partial charge in [-0.3, -0.25) is 0 Å². The maximum Gasteiger partial charge on any atom is 0.341 e. The standard InChI is InChI=1S/C21H26N2O2/c1-6-25-19(24)17-11-14-22-23-18(17)10-8-7-9-16-15-20(2,3)12-13-21(16,4)5/h7,9,11,14-15H,6,12-13H2,1-5H3. The number of nitrogens with zero attached hydrogens (tertiary/aromatic N) is 2. The minimum absolute atomic E-state index is 0.149. The smallest absolute Gasteiger partial charge is 0.341 e. The second-order valence-corrected chi connectivity index (χ2v) is 7.59. The van der Waals surface area contributed by atoms with Gasteiger partial charge in [-0.1, -0.05) is 45.8 Å². The molecule has 0 unspecified atom stereocenters.